The predicted octanol–water partition coefficient (Wildman–Crippen LogP) is 4.80. The van der Waals surface area contributed by atoms with E-state index in [1.165, 1.54) is 0 Å². The highest BCUT2D eigenvalue weighted by Gasteiger charge is 2.23. The first-order valence-electron chi connectivity index (χ1n) is 9.68. The third-order valence-electron chi connectivity index (χ3n) is 4.53. The van der Waals surface area contributed by atoms with E-state index in [0.717, 1.165) is 28.2 Å². The lowest BCUT2D eigenvalue weighted by atomic mass is 10.2. The molecule has 30 heavy (non-hydrogen) atoms. The van der Waals surface area contributed by atoms with Gasteiger partial charge in [-0.05, 0) is 54.5 Å². The SMILES string of the molecule is Cc1ccccc1OCCOc1ccc(/C=C2\N=C(c3ccccc3)OC2=O)cc1. The number of hydrogen-bond acceptors (Lipinski definition) is 5. The Morgan fingerprint density at radius 1 is 0.867 bits per heavy atom. The lowest BCUT2D eigenvalue weighted by Crippen LogP contribution is -2.09. The number of carbonyl (C=O) groups excluding carboxylic acids is 1. The van der Waals surface area contributed by atoms with E-state index in [-0.39, 0.29) is 5.70 Å². The van der Waals surface area contributed by atoms with E-state index in [9.17, 15) is 4.79 Å². The summed E-state index contributed by atoms with van der Waals surface area (Å²) in [5.74, 6) is 1.46. The Morgan fingerprint density at radius 2 is 1.57 bits per heavy atom. The van der Waals surface area contributed by atoms with Gasteiger partial charge in [0.25, 0.3) is 0 Å². The highest BCUT2D eigenvalue weighted by molar-refractivity contribution is 6.12. The van der Waals surface area contributed by atoms with E-state index in [4.69, 9.17) is 14.2 Å². The van der Waals surface area contributed by atoms with Crippen molar-refractivity contribution in [3.63, 3.8) is 0 Å². The summed E-state index contributed by atoms with van der Waals surface area (Å²) in [6.45, 7) is 2.90. The van der Waals surface area contributed by atoms with Gasteiger partial charge in [-0.1, -0.05) is 48.5 Å². The quantitative estimate of drug-likeness (QED) is 0.325. The Balaban J connectivity index is 1.34. The molecule has 0 spiro atoms. The van der Waals surface area contributed by atoms with Crippen LogP contribution in [-0.4, -0.2) is 25.1 Å². The molecule has 1 aliphatic rings. The molecular weight excluding hydrogens is 378 g/mol. The molecule has 0 fully saturated rings. The molecule has 1 aliphatic heterocycles. The van der Waals surface area contributed by atoms with Gasteiger partial charge in [0.05, 0.1) is 0 Å². The van der Waals surface area contributed by atoms with E-state index in [1.807, 2.05) is 85.8 Å². The number of esters is 1. The summed E-state index contributed by atoms with van der Waals surface area (Å²) in [5.41, 5.74) is 2.97. The summed E-state index contributed by atoms with van der Waals surface area (Å²) < 4.78 is 16.7. The summed E-state index contributed by atoms with van der Waals surface area (Å²) in [4.78, 5) is 16.4. The van der Waals surface area contributed by atoms with Crippen LogP contribution in [0.15, 0.2) is 89.6 Å². The maximum Gasteiger partial charge on any atom is 0.363 e. The number of nitrogens with zero attached hydrogens (tertiary/aromatic N) is 1. The maximum absolute atomic E-state index is 12.1. The van der Waals surface area contributed by atoms with Crippen LogP contribution >= 0.6 is 0 Å². The van der Waals surface area contributed by atoms with Crippen LogP contribution in [0.25, 0.3) is 6.08 Å². The Bertz CT molecular complexity index is 1090. The largest absolute Gasteiger partial charge is 0.490 e. The van der Waals surface area contributed by atoms with Gasteiger partial charge in [0.1, 0.15) is 24.7 Å². The van der Waals surface area contributed by atoms with Gasteiger partial charge >= 0.3 is 5.97 Å². The van der Waals surface area contributed by atoms with Crippen molar-refractivity contribution in [3.8, 4) is 11.5 Å². The molecule has 0 bridgehead atoms. The zero-order valence-electron chi connectivity index (χ0n) is 16.6. The van der Waals surface area contributed by atoms with Gasteiger partial charge in [0.2, 0.25) is 5.90 Å². The normalized spacial score (nSPS) is 14.4. The number of aryl methyl sites for hydroxylation is 1. The fourth-order valence-electron chi connectivity index (χ4n) is 2.96. The van der Waals surface area contributed by atoms with Crippen LogP contribution in [0.3, 0.4) is 0 Å². The first-order valence-corrected chi connectivity index (χ1v) is 9.68. The van der Waals surface area contributed by atoms with Crippen molar-refractivity contribution >= 4 is 17.9 Å². The van der Waals surface area contributed by atoms with Gasteiger partial charge in [0.15, 0.2) is 5.70 Å². The summed E-state index contributed by atoms with van der Waals surface area (Å²) >= 11 is 0. The van der Waals surface area contributed by atoms with Gasteiger partial charge in [0, 0.05) is 5.56 Å². The van der Waals surface area contributed by atoms with E-state index < -0.39 is 5.97 Å². The smallest absolute Gasteiger partial charge is 0.363 e. The first-order chi connectivity index (χ1) is 14.7. The van der Waals surface area contributed by atoms with E-state index in [0.29, 0.717) is 19.1 Å². The van der Waals surface area contributed by atoms with Crippen LogP contribution in [0.2, 0.25) is 0 Å². The summed E-state index contributed by atoms with van der Waals surface area (Å²) in [6, 6.07) is 24.7. The van der Waals surface area contributed by atoms with Gasteiger partial charge in [-0.3, -0.25) is 0 Å². The molecule has 1 heterocycles. The average molecular weight is 399 g/mol. The minimum absolute atomic E-state index is 0.272. The lowest BCUT2D eigenvalue weighted by Gasteiger charge is -2.10. The zero-order valence-corrected chi connectivity index (χ0v) is 16.6. The first kappa shape index (κ1) is 19.5. The highest BCUT2D eigenvalue weighted by atomic mass is 16.6. The van der Waals surface area contributed by atoms with Crippen molar-refractivity contribution in [2.45, 2.75) is 6.92 Å². The number of cyclic esters (lactones) is 1. The lowest BCUT2D eigenvalue weighted by molar-refractivity contribution is -0.129. The third kappa shape index (κ3) is 4.75. The Morgan fingerprint density at radius 3 is 2.33 bits per heavy atom. The number of carbonyl (C=O) groups is 1. The number of aliphatic imine (C=N–C) groups is 1. The van der Waals surface area contributed by atoms with Gasteiger partial charge in [-0.15, -0.1) is 0 Å². The van der Waals surface area contributed by atoms with Crippen molar-refractivity contribution in [2.24, 2.45) is 4.99 Å². The Hall–Kier alpha value is -3.86. The van der Waals surface area contributed by atoms with Gasteiger partial charge in [-0.2, -0.15) is 0 Å². The number of hydrogen-bond donors (Lipinski definition) is 0. The van der Waals surface area contributed by atoms with Crippen LogP contribution in [-0.2, 0) is 9.53 Å². The fourth-order valence-corrected chi connectivity index (χ4v) is 2.96. The van der Waals surface area contributed by atoms with Crippen LogP contribution in [0.5, 0.6) is 11.5 Å². The molecule has 0 N–H and O–H groups in total. The minimum atomic E-state index is -0.456. The summed E-state index contributed by atoms with van der Waals surface area (Å²) in [6.07, 6.45) is 1.70. The number of ether oxygens (including phenoxy) is 3. The summed E-state index contributed by atoms with van der Waals surface area (Å²) in [5, 5.41) is 0. The zero-order chi connectivity index (χ0) is 20.8. The van der Waals surface area contributed by atoms with Gasteiger partial charge < -0.3 is 14.2 Å². The predicted molar refractivity (Wildman–Crippen MR) is 116 cm³/mol. The number of benzene rings is 3. The molecule has 0 saturated carbocycles. The van der Waals surface area contributed by atoms with E-state index in [2.05, 4.69) is 4.99 Å². The highest BCUT2D eigenvalue weighted by Crippen LogP contribution is 2.21. The van der Waals surface area contributed by atoms with Crippen LogP contribution in [0.1, 0.15) is 16.7 Å². The van der Waals surface area contributed by atoms with Crippen molar-refractivity contribution in [1.29, 1.82) is 0 Å². The second kappa shape index (κ2) is 9.09. The topological polar surface area (TPSA) is 57.1 Å². The van der Waals surface area contributed by atoms with Crippen molar-refractivity contribution in [1.82, 2.24) is 0 Å². The van der Waals surface area contributed by atoms with Crippen LogP contribution in [0.4, 0.5) is 0 Å². The molecule has 3 aromatic carbocycles. The molecule has 0 aliphatic carbocycles. The molecule has 0 atom stereocenters. The Kier molecular flexibility index (Phi) is 5.90. The molecular formula is C25H21NO4. The third-order valence-corrected chi connectivity index (χ3v) is 4.53. The number of para-hydroxylation sites is 1. The molecule has 4 rings (SSSR count). The van der Waals surface area contributed by atoms with Crippen molar-refractivity contribution < 1.29 is 19.0 Å². The van der Waals surface area contributed by atoms with Crippen LogP contribution < -0.4 is 9.47 Å². The second-order valence-electron chi connectivity index (χ2n) is 6.73. The van der Waals surface area contributed by atoms with Crippen molar-refractivity contribution in [3.05, 3.63) is 101 Å². The van der Waals surface area contributed by atoms with E-state index >= 15 is 0 Å². The fraction of sp³-hybridized carbons (Fsp3) is 0.120. The second-order valence-corrected chi connectivity index (χ2v) is 6.73. The molecule has 0 amide bonds. The van der Waals surface area contributed by atoms with Gasteiger partial charge in [-0.25, -0.2) is 9.79 Å². The molecule has 0 unspecified atom stereocenters. The summed E-state index contributed by atoms with van der Waals surface area (Å²) in [7, 11) is 0. The molecule has 0 aromatic heterocycles. The molecule has 3 aromatic rings. The Labute approximate surface area is 175 Å². The van der Waals surface area contributed by atoms with E-state index in [1.54, 1.807) is 6.08 Å². The standard InChI is InChI=1S/C25H21NO4/c1-18-7-5-6-10-23(18)29-16-15-28-21-13-11-19(12-14-21)17-22-25(27)30-24(26-22)20-8-3-2-4-9-20/h2-14,17H,15-16H2,1H3/b22-17-. The molecule has 150 valence electrons. The molecule has 5 nitrogen and oxygen atoms in total. The minimum Gasteiger partial charge on any atom is -0.490 e. The average Bonchev–Trinajstić information content (AvgIpc) is 3.14. The van der Waals surface area contributed by atoms with Crippen molar-refractivity contribution in [2.75, 3.05) is 13.2 Å². The monoisotopic (exact) mass is 399 g/mol. The van der Waals surface area contributed by atoms with Crippen LogP contribution in [0, 0.1) is 6.92 Å². The maximum atomic E-state index is 12.1. The number of rotatable bonds is 7. The molecule has 0 saturated heterocycles. The molecule has 5 heteroatoms. The molecule has 0 radical (unpaired) electrons.